The number of nitrogens with one attached hydrogen (secondary N) is 1. The highest BCUT2D eigenvalue weighted by molar-refractivity contribution is 6.30. The van der Waals surface area contributed by atoms with Crippen molar-refractivity contribution >= 4 is 29.0 Å². The average molecular weight is 480 g/mol. The first-order valence-electron chi connectivity index (χ1n) is 11.3. The van der Waals surface area contributed by atoms with Crippen LogP contribution in [-0.4, -0.2) is 49.3 Å². The molecule has 1 saturated heterocycles. The normalized spacial score (nSPS) is 15.1. The standard InChI is InChI=1S/C27H27ClFN3O2/c1-19(33)22-9-12-25(24(29)17-22)32-15-13-31(14-16-32)18-26(34)30-27(20-5-3-2-4-6-20)21-7-10-23(28)11-8-21/h2-12,17,27H,13-16,18H2,1H3,(H,30,34). The van der Waals surface area contributed by atoms with Crippen LogP contribution >= 0.6 is 11.6 Å². The van der Waals surface area contributed by atoms with Gasteiger partial charge in [-0.15, -0.1) is 0 Å². The molecule has 3 aromatic carbocycles. The Bertz CT molecular complexity index is 1150. The van der Waals surface area contributed by atoms with Gasteiger partial charge >= 0.3 is 0 Å². The van der Waals surface area contributed by atoms with Gasteiger partial charge in [0.15, 0.2) is 5.78 Å². The Morgan fingerprint density at radius 1 is 0.941 bits per heavy atom. The van der Waals surface area contributed by atoms with Crippen molar-refractivity contribution in [1.29, 1.82) is 0 Å². The van der Waals surface area contributed by atoms with E-state index in [1.165, 1.54) is 13.0 Å². The number of piperazine rings is 1. The van der Waals surface area contributed by atoms with Crippen LogP contribution in [0.4, 0.5) is 10.1 Å². The SMILES string of the molecule is CC(=O)c1ccc(N2CCN(CC(=O)NC(c3ccccc3)c3ccc(Cl)cc3)CC2)c(F)c1. The van der Waals surface area contributed by atoms with Gasteiger partial charge in [0.1, 0.15) is 5.82 Å². The number of nitrogens with zero attached hydrogens (tertiary/aromatic N) is 2. The first-order chi connectivity index (χ1) is 16.4. The molecule has 0 aliphatic carbocycles. The van der Waals surface area contributed by atoms with Crippen molar-refractivity contribution in [2.24, 2.45) is 0 Å². The molecule has 1 aliphatic rings. The molecule has 34 heavy (non-hydrogen) atoms. The fraction of sp³-hybridized carbons (Fsp3) is 0.259. The summed E-state index contributed by atoms with van der Waals surface area (Å²) in [6.07, 6.45) is 0. The largest absolute Gasteiger partial charge is 0.367 e. The Morgan fingerprint density at radius 3 is 2.21 bits per heavy atom. The van der Waals surface area contributed by atoms with Crippen LogP contribution in [0.2, 0.25) is 5.02 Å². The molecule has 0 saturated carbocycles. The monoisotopic (exact) mass is 479 g/mol. The summed E-state index contributed by atoms with van der Waals surface area (Å²) in [5.41, 5.74) is 2.80. The Kier molecular flexibility index (Phi) is 7.60. The van der Waals surface area contributed by atoms with Crippen LogP contribution in [0.15, 0.2) is 72.8 Å². The topological polar surface area (TPSA) is 52.7 Å². The molecule has 1 aliphatic heterocycles. The van der Waals surface area contributed by atoms with Crippen LogP contribution in [0.5, 0.6) is 0 Å². The first kappa shape index (κ1) is 23.9. The van der Waals surface area contributed by atoms with Gasteiger partial charge in [-0.05, 0) is 48.4 Å². The number of amides is 1. The Morgan fingerprint density at radius 2 is 1.59 bits per heavy atom. The van der Waals surface area contributed by atoms with Gasteiger partial charge in [-0.1, -0.05) is 54.1 Å². The van der Waals surface area contributed by atoms with E-state index in [2.05, 4.69) is 10.2 Å². The molecular weight excluding hydrogens is 453 g/mol. The molecule has 4 rings (SSSR count). The molecule has 1 atom stereocenters. The average Bonchev–Trinajstić information content (AvgIpc) is 2.84. The van der Waals surface area contributed by atoms with Crippen molar-refractivity contribution in [2.75, 3.05) is 37.6 Å². The van der Waals surface area contributed by atoms with E-state index in [0.717, 1.165) is 11.1 Å². The third kappa shape index (κ3) is 5.82. The summed E-state index contributed by atoms with van der Waals surface area (Å²) in [7, 11) is 0. The number of hydrogen-bond acceptors (Lipinski definition) is 4. The number of rotatable bonds is 7. The minimum atomic E-state index is -0.396. The minimum Gasteiger partial charge on any atom is -0.367 e. The zero-order valence-corrected chi connectivity index (χ0v) is 19.8. The van der Waals surface area contributed by atoms with Crippen molar-refractivity contribution in [1.82, 2.24) is 10.2 Å². The van der Waals surface area contributed by atoms with Gasteiger partial charge in [0, 0.05) is 36.8 Å². The summed E-state index contributed by atoms with van der Waals surface area (Å²) < 4.78 is 14.5. The molecule has 7 heteroatoms. The second kappa shape index (κ2) is 10.8. The zero-order valence-electron chi connectivity index (χ0n) is 19.0. The van der Waals surface area contributed by atoms with Crippen molar-refractivity contribution < 1.29 is 14.0 Å². The number of hydrogen-bond donors (Lipinski definition) is 1. The maximum absolute atomic E-state index is 14.5. The summed E-state index contributed by atoms with van der Waals surface area (Å²) >= 11 is 6.05. The number of benzene rings is 3. The summed E-state index contributed by atoms with van der Waals surface area (Å²) in [6, 6.07) is 21.6. The van der Waals surface area contributed by atoms with Gasteiger partial charge in [-0.2, -0.15) is 0 Å². The van der Waals surface area contributed by atoms with E-state index in [4.69, 9.17) is 11.6 Å². The second-order valence-electron chi connectivity index (χ2n) is 8.45. The van der Waals surface area contributed by atoms with E-state index >= 15 is 0 Å². The van der Waals surface area contributed by atoms with Gasteiger partial charge in [-0.3, -0.25) is 14.5 Å². The summed E-state index contributed by atoms with van der Waals surface area (Å²) in [6.45, 7) is 4.16. The van der Waals surface area contributed by atoms with E-state index in [-0.39, 0.29) is 24.3 Å². The molecule has 1 N–H and O–H groups in total. The fourth-order valence-electron chi connectivity index (χ4n) is 4.20. The lowest BCUT2D eigenvalue weighted by Gasteiger charge is -2.36. The molecule has 0 spiro atoms. The molecule has 1 unspecified atom stereocenters. The van der Waals surface area contributed by atoms with Crippen LogP contribution in [0.1, 0.15) is 34.5 Å². The predicted octanol–water partition coefficient (Wildman–Crippen LogP) is 4.71. The van der Waals surface area contributed by atoms with Crippen LogP contribution in [0.3, 0.4) is 0 Å². The maximum Gasteiger partial charge on any atom is 0.234 e. The number of halogens is 2. The molecule has 3 aromatic rings. The van der Waals surface area contributed by atoms with E-state index in [1.54, 1.807) is 12.1 Å². The molecule has 5 nitrogen and oxygen atoms in total. The zero-order chi connectivity index (χ0) is 24.1. The van der Waals surface area contributed by atoms with Crippen molar-refractivity contribution in [3.05, 3.63) is 100 Å². The molecule has 176 valence electrons. The molecule has 1 heterocycles. The van der Waals surface area contributed by atoms with E-state index in [9.17, 15) is 14.0 Å². The summed E-state index contributed by atoms with van der Waals surface area (Å²) in [4.78, 5) is 28.4. The highest BCUT2D eigenvalue weighted by atomic mass is 35.5. The van der Waals surface area contributed by atoms with E-state index < -0.39 is 5.82 Å². The second-order valence-corrected chi connectivity index (χ2v) is 8.88. The predicted molar refractivity (Wildman–Crippen MR) is 133 cm³/mol. The van der Waals surface area contributed by atoms with Crippen LogP contribution in [0.25, 0.3) is 0 Å². The molecule has 0 aromatic heterocycles. The Hall–Kier alpha value is -3.22. The molecule has 0 bridgehead atoms. The summed E-state index contributed by atoms with van der Waals surface area (Å²) in [5.74, 6) is -0.629. The van der Waals surface area contributed by atoms with Crippen LogP contribution in [-0.2, 0) is 4.79 Å². The van der Waals surface area contributed by atoms with E-state index in [1.807, 2.05) is 59.5 Å². The smallest absolute Gasteiger partial charge is 0.234 e. The highest BCUT2D eigenvalue weighted by Gasteiger charge is 2.23. The Balaban J connectivity index is 1.37. The molecule has 0 radical (unpaired) electrons. The van der Waals surface area contributed by atoms with Gasteiger partial charge in [0.05, 0.1) is 18.3 Å². The number of anilines is 1. The summed E-state index contributed by atoms with van der Waals surface area (Å²) in [5, 5.41) is 3.80. The van der Waals surface area contributed by atoms with Gasteiger partial charge in [0.25, 0.3) is 0 Å². The van der Waals surface area contributed by atoms with Crippen molar-refractivity contribution in [3.8, 4) is 0 Å². The van der Waals surface area contributed by atoms with Crippen molar-refractivity contribution in [2.45, 2.75) is 13.0 Å². The van der Waals surface area contributed by atoms with Gasteiger partial charge in [-0.25, -0.2) is 4.39 Å². The van der Waals surface area contributed by atoms with Crippen LogP contribution in [0, 0.1) is 5.82 Å². The quantitative estimate of drug-likeness (QED) is 0.499. The highest BCUT2D eigenvalue weighted by Crippen LogP contribution is 2.24. The van der Waals surface area contributed by atoms with Crippen molar-refractivity contribution in [3.63, 3.8) is 0 Å². The third-order valence-corrected chi connectivity index (χ3v) is 6.33. The van der Waals surface area contributed by atoms with Crippen LogP contribution < -0.4 is 10.2 Å². The minimum absolute atomic E-state index is 0.0748. The number of ketones is 1. The lowest BCUT2D eigenvalue weighted by molar-refractivity contribution is -0.122. The first-order valence-corrected chi connectivity index (χ1v) is 11.7. The lowest BCUT2D eigenvalue weighted by atomic mass is 9.98. The lowest BCUT2D eigenvalue weighted by Crippen LogP contribution is -2.50. The number of Topliss-reactive ketones (excluding diaryl/α,β-unsaturated/α-hetero) is 1. The van der Waals surface area contributed by atoms with Gasteiger partial charge < -0.3 is 10.2 Å². The van der Waals surface area contributed by atoms with E-state index in [0.29, 0.717) is 42.5 Å². The maximum atomic E-state index is 14.5. The molecule has 1 fully saturated rings. The third-order valence-electron chi connectivity index (χ3n) is 6.08. The Labute approximate surface area is 204 Å². The molecular formula is C27H27ClFN3O2. The molecule has 1 amide bonds. The number of carbonyl (C=O) groups is 2. The fourth-order valence-corrected chi connectivity index (χ4v) is 4.32. The number of carbonyl (C=O) groups excluding carboxylic acids is 2. The van der Waals surface area contributed by atoms with Gasteiger partial charge in [0.2, 0.25) is 5.91 Å².